The van der Waals surface area contributed by atoms with E-state index in [-0.39, 0.29) is 17.2 Å². The molecule has 1 aliphatic carbocycles. The SMILES string of the molecule is O=C(COC(=O)C1(O)CCCCC1)Nc1ccc2c(c1)OC(F)(F)O2. The van der Waals surface area contributed by atoms with Gasteiger partial charge in [-0.3, -0.25) is 4.79 Å². The Kier molecular flexibility index (Phi) is 4.51. The number of hydrogen-bond acceptors (Lipinski definition) is 6. The standard InChI is InChI=1S/C16H17F2NO6/c17-16(18)24-11-5-4-10(8-12(11)25-16)19-13(20)9-23-14(21)15(22)6-2-1-3-7-15/h4-5,8,22H,1-3,6-7,9H2,(H,19,20). The summed E-state index contributed by atoms with van der Waals surface area (Å²) in [5.41, 5.74) is -1.36. The molecule has 0 bridgehead atoms. The van der Waals surface area contributed by atoms with E-state index in [0.717, 1.165) is 19.3 Å². The van der Waals surface area contributed by atoms with Gasteiger partial charge in [0.15, 0.2) is 23.7 Å². The molecule has 3 rings (SSSR count). The summed E-state index contributed by atoms with van der Waals surface area (Å²) in [5.74, 6) is -1.85. The van der Waals surface area contributed by atoms with Gasteiger partial charge < -0.3 is 24.6 Å². The van der Waals surface area contributed by atoms with Gasteiger partial charge in [0.25, 0.3) is 5.91 Å². The molecule has 1 aliphatic heterocycles. The maximum Gasteiger partial charge on any atom is 0.586 e. The number of fused-ring (bicyclic) bond motifs is 1. The van der Waals surface area contributed by atoms with Crippen LogP contribution in [0.2, 0.25) is 0 Å². The molecule has 25 heavy (non-hydrogen) atoms. The van der Waals surface area contributed by atoms with Crippen LogP contribution in [0.15, 0.2) is 18.2 Å². The Morgan fingerprint density at radius 1 is 1.16 bits per heavy atom. The summed E-state index contributed by atoms with van der Waals surface area (Å²) < 4.78 is 39.3. The van der Waals surface area contributed by atoms with Gasteiger partial charge in [0.2, 0.25) is 0 Å². The minimum atomic E-state index is -3.74. The van der Waals surface area contributed by atoms with Crippen molar-refractivity contribution in [3.8, 4) is 11.5 Å². The number of anilines is 1. The first-order valence-corrected chi connectivity index (χ1v) is 7.87. The van der Waals surface area contributed by atoms with Crippen LogP contribution in [-0.2, 0) is 14.3 Å². The number of carbonyl (C=O) groups excluding carboxylic acids is 2. The van der Waals surface area contributed by atoms with E-state index in [1.165, 1.54) is 18.2 Å². The van der Waals surface area contributed by atoms with Gasteiger partial charge in [0.1, 0.15) is 0 Å². The van der Waals surface area contributed by atoms with Crippen molar-refractivity contribution in [1.29, 1.82) is 0 Å². The third-order valence-electron chi connectivity index (χ3n) is 4.08. The zero-order chi connectivity index (χ0) is 18.1. The number of nitrogens with one attached hydrogen (secondary N) is 1. The molecule has 7 nitrogen and oxygen atoms in total. The van der Waals surface area contributed by atoms with E-state index in [2.05, 4.69) is 14.8 Å². The number of rotatable bonds is 4. The van der Waals surface area contributed by atoms with Gasteiger partial charge in [-0.05, 0) is 37.8 Å². The normalized spacial score (nSPS) is 20.0. The lowest BCUT2D eigenvalue weighted by molar-refractivity contribution is -0.286. The molecule has 2 aliphatic rings. The van der Waals surface area contributed by atoms with Gasteiger partial charge in [0.05, 0.1) is 0 Å². The predicted octanol–water partition coefficient (Wildman–Crippen LogP) is 2.18. The average Bonchev–Trinajstić information content (AvgIpc) is 2.86. The maximum absolute atomic E-state index is 12.9. The molecule has 1 amide bonds. The van der Waals surface area contributed by atoms with Crippen molar-refractivity contribution in [2.75, 3.05) is 11.9 Å². The zero-order valence-corrected chi connectivity index (χ0v) is 13.2. The fourth-order valence-electron chi connectivity index (χ4n) is 2.83. The number of aliphatic hydroxyl groups is 1. The quantitative estimate of drug-likeness (QED) is 0.803. The molecule has 9 heteroatoms. The minimum absolute atomic E-state index is 0.144. The van der Waals surface area contributed by atoms with Crippen molar-refractivity contribution >= 4 is 17.6 Å². The fraction of sp³-hybridized carbons (Fsp3) is 0.500. The number of ether oxygens (including phenoxy) is 3. The summed E-state index contributed by atoms with van der Waals surface area (Å²) in [7, 11) is 0. The number of benzene rings is 1. The third-order valence-corrected chi connectivity index (χ3v) is 4.08. The summed E-state index contributed by atoms with van der Waals surface area (Å²) >= 11 is 0. The predicted molar refractivity (Wildman–Crippen MR) is 80.3 cm³/mol. The molecule has 0 spiro atoms. The fourth-order valence-corrected chi connectivity index (χ4v) is 2.83. The van der Waals surface area contributed by atoms with Crippen LogP contribution in [0.25, 0.3) is 0 Å². The van der Waals surface area contributed by atoms with Crippen molar-refractivity contribution in [1.82, 2.24) is 0 Å². The van der Waals surface area contributed by atoms with Crippen LogP contribution in [0, 0.1) is 0 Å². The van der Waals surface area contributed by atoms with E-state index < -0.39 is 30.4 Å². The van der Waals surface area contributed by atoms with Crippen LogP contribution in [0.5, 0.6) is 11.5 Å². The largest absolute Gasteiger partial charge is 0.586 e. The Morgan fingerprint density at radius 2 is 1.84 bits per heavy atom. The van der Waals surface area contributed by atoms with Crippen molar-refractivity contribution in [3.05, 3.63) is 18.2 Å². The van der Waals surface area contributed by atoms with Gasteiger partial charge >= 0.3 is 12.3 Å². The van der Waals surface area contributed by atoms with Crippen molar-refractivity contribution in [2.24, 2.45) is 0 Å². The van der Waals surface area contributed by atoms with Crippen LogP contribution in [-0.4, -0.2) is 35.5 Å². The van der Waals surface area contributed by atoms with E-state index in [4.69, 9.17) is 4.74 Å². The molecule has 0 unspecified atom stereocenters. The highest BCUT2D eigenvalue weighted by Crippen LogP contribution is 2.42. The second kappa shape index (κ2) is 6.47. The number of alkyl halides is 2. The first-order chi connectivity index (χ1) is 11.8. The van der Waals surface area contributed by atoms with E-state index in [0.29, 0.717) is 12.8 Å². The van der Waals surface area contributed by atoms with E-state index in [1.807, 2.05) is 0 Å². The van der Waals surface area contributed by atoms with Crippen LogP contribution >= 0.6 is 0 Å². The zero-order valence-electron chi connectivity index (χ0n) is 13.2. The first-order valence-electron chi connectivity index (χ1n) is 7.87. The van der Waals surface area contributed by atoms with Gasteiger partial charge in [-0.2, -0.15) is 0 Å². The number of carbonyl (C=O) groups is 2. The van der Waals surface area contributed by atoms with E-state index in [9.17, 15) is 23.5 Å². The van der Waals surface area contributed by atoms with Gasteiger partial charge in [0, 0.05) is 11.8 Å². The van der Waals surface area contributed by atoms with Crippen LogP contribution in [0.4, 0.5) is 14.5 Å². The Morgan fingerprint density at radius 3 is 2.56 bits per heavy atom. The molecule has 0 aromatic heterocycles. The van der Waals surface area contributed by atoms with Crippen molar-refractivity contribution < 1.29 is 37.7 Å². The minimum Gasteiger partial charge on any atom is -0.453 e. The molecular weight excluding hydrogens is 340 g/mol. The average molecular weight is 357 g/mol. The summed E-state index contributed by atoms with van der Waals surface area (Å²) in [6.07, 6.45) is -0.734. The molecule has 0 atom stereocenters. The topological polar surface area (TPSA) is 94.1 Å². The Labute approximate surface area is 141 Å². The second-order valence-electron chi connectivity index (χ2n) is 6.05. The monoisotopic (exact) mass is 357 g/mol. The van der Waals surface area contributed by atoms with Crippen molar-refractivity contribution in [3.63, 3.8) is 0 Å². The molecule has 1 fully saturated rings. The second-order valence-corrected chi connectivity index (χ2v) is 6.05. The maximum atomic E-state index is 12.9. The lowest BCUT2D eigenvalue weighted by atomic mass is 9.85. The number of esters is 1. The molecule has 1 saturated carbocycles. The molecule has 2 N–H and O–H groups in total. The molecule has 1 heterocycles. The summed E-state index contributed by atoms with van der Waals surface area (Å²) in [5, 5.41) is 12.6. The number of halogens is 2. The first kappa shape index (κ1) is 17.4. The lowest BCUT2D eigenvalue weighted by Crippen LogP contribution is -2.42. The van der Waals surface area contributed by atoms with E-state index in [1.54, 1.807) is 0 Å². The highest BCUT2D eigenvalue weighted by molar-refractivity contribution is 5.93. The molecule has 1 aromatic carbocycles. The molecule has 0 saturated heterocycles. The van der Waals surface area contributed by atoms with Gasteiger partial charge in [-0.25, -0.2) is 4.79 Å². The Balaban J connectivity index is 1.53. The number of hydrogen-bond donors (Lipinski definition) is 2. The van der Waals surface area contributed by atoms with Gasteiger partial charge in [-0.1, -0.05) is 6.42 Å². The third kappa shape index (κ3) is 3.98. The summed E-state index contributed by atoms with van der Waals surface area (Å²) in [6, 6.07) is 3.74. The Bertz CT molecular complexity index is 687. The highest BCUT2D eigenvalue weighted by atomic mass is 19.3. The smallest absolute Gasteiger partial charge is 0.453 e. The molecule has 0 radical (unpaired) electrons. The number of amides is 1. The molecule has 1 aromatic rings. The summed E-state index contributed by atoms with van der Waals surface area (Å²) in [4.78, 5) is 23.8. The van der Waals surface area contributed by atoms with E-state index >= 15 is 0 Å². The van der Waals surface area contributed by atoms with Crippen molar-refractivity contribution in [2.45, 2.75) is 44.0 Å². The molecular formula is C16H17F2NO6. The van der Waals surface area contributed by atoms with Crippen LogP contribution < -0.4 is 14.8 Å². The van der Waals surface area contributed by atoms with Gasteiger partial charge in [-0.15, -0.1) is 8.78 Å². The van der Waals surface area contributed by atoms with Crippen LogP contribution in [0.1, 0.15) is 32.1 Å². The Hall–Kier alpha value is -2.42. The summed E-state index contributed by atoms with van der Waals surface area (Å²) in [6.45, 7) is -0.592. The molecule has 136 valence electrons. The van der Waals surface area contributed by atoms with Crippen LogP contribution in [0.3, 0.4) is 0 Å². The highest BCUT2D eigenvalue weighted by Gasteiger charge is 2.43. The lowest BCUT2D eigenvalue weighted by Gasteiger charge is -2.29.